The molecule has 0 unspecified atom stereocenters. The fourth-order valence-electron chi connectivity index (χ4n) is 3.03. The molecule has 1 aromatic heterocycles. The van der Waals surface area contributed by atoms with Crippen molar-refractivity contribution < 1.29 is 17.0 Å². The first-order chi connectivity index (χ1) is 13.0. The maximum absolute atomic E-state index is 12.5. The smallest absolute Gasteiger partial charge is 0.297 e. The van der Waals surface area contributed by atoms with Gasteiger partial charge in [-0.15, -0.1) is 0 Å². The Bertz CT molecular complexity index is 1190. The number of aryl methyl sites for hydroxylation is 1. The molecule has 4 rings (SSSR count). The van der Waals surface area contributed by atoms with Gasteiger partial charge in [-0.05, 0) is 36.2 Å². The number of furan rings is 1. The van der Waals surface area contributed by atoms with Crippen molar-refractivity contribution >= 4 is 21.1 Å². The van der Waals surface area contributed by atoms with Crippen LogP contribution >= 0.6 is 0 Å². The fraction of sp³-hybridized carbons (Fsp3) is 0.0909. The van der Waals surface area contributed by atoms with Gasteiger partial charge in [0, 0.05) is 10.9 Å². The Morgan fingerprint density at radius 1 is 0.889 bits per heavy atom. The van der Waals surface area contributed by atoms with E-state index in [1.54, 1.807) is 31.2 Å². The molecule has 3 aromatic carbocycles. The Morgan fingerprint density at radius 2 is 1.63 bits per heavy atom. The molecular weight excluding hydrogens is 360 g/mol. The molecule has 0 saturated carbocycles. The first-order valence-corrected chi connectivity index (χ1v) is 9.97. The lowest BCUT2D eigenvalue weighted by Gasteiger charge is -2.08. The largest absolute Gasteiger partial charge is 0.456 e. The van der Waals surface area contributed by atoms with Gasteiger partial charge in [-0.2, -0.15) is 8.42 Å². The molecule has 0 saturated heterocycles. The van der Waals surface area contributed by atoms with Crippen LogP contribution in [0.2, 0.25) is 0 Å². The monoisotopic (exact) mass is 378 g/mol. The molecule has 0 aliphatic heterocycles. The van der Waals surface area contributed by atoms with E-state index in [1.807, 2.05) is 54.6 Å². The van der Waals surface area contributed by atoms with E-state index in [9.17, 15) is 8.42 Å². The summed E-state index contributed by atoms with van der Waals surface area (Å²) < 4.78 is 36.3. The third-order valence-corrected chi connectivity index (χ3v) is 5.87. The standard InChI is InChI=1S/C22H18O4S/c1-16-8-5-6-13-22(16)27(23,24)25-15-18-11-7-12-20-19(18)14-21(26-20)17-9-3-2-4-10-17/h2-14H,15H2,1H3. The Morgan fingerprint density at radius 3 is 2.41 bits per heavy atom. The van der Waals surface area contributed by atoms with Gasteiger partial charge in [0.25, 0.3) is 10.1 Å². The van der Waals surface area contributed by atoms with Crippen LogP contribution in [0.15, 0.2) is 88.2 Å². The molecule has 5 heteroatoms. The highest BCUT2D eigenvalue weighted by atomic mass is 32.2. The maximum Gasteiger partial charge on any atom is 0.297 e. The molecular formula is C22H18O4S. The van der Waals surface area contributed by atoms with Gasteiger partial charge in [0.2, 0.25) is 0 Å². The van der Waals surface area contributed by atoms with Gasteiger partial charge in [0.05, 0.1) is 11.5 Å². The molecule has 1 heterocycles. The summed E-state index contributed by atoms with van der Waals surface area (Å²) in [6.07, 6.45) is 0. The fourth-order valence-corrected chi connectivity index (χ4v) is 4.15. The van der Waals surface area contributed by atoms with Crippen molar-refractivity contribution in [3.05, 3.63) is 90.0 Å². The van der Waals surface area contributed by atoms with E-state index in [4.69, 9.17) is 8.60 Å². The second-order valence-electron chi connectivity index (χ2n) is 6.29. The van der Waals surface area contributed by atoms with E-state index in [0.717, 1.165) is 22.3 Å². The molecule has 0 aliphatic rings. The van der Waals surface area contributed by atoms with Crippen LogP contribution in [0.5, 0.6) is 0 Å². The predicted octanol–water partition coefficient (Wildman–Crippen LogP) is 5.31. The molecule has 4 aromatic rings. The highest BCUT2D eigenvalue weighted by Crippen LogP contribution is 2.30. The Kier molecular flexibility index (Phi) is 4.56. The highest BCUT2D eigenvalue weighted by Gasteiger charge is 2.18. The van der Waals surface area contributed by atoms with Crippen LogP contribution in [0.3, 0.4) is 0 Å². The van der Waals surface area contributed by atoms with Gasteiger partial charge in [0.15, 0.2) is 0 Å². The summed E-state index contributed by atoms with van der Waals surface area (Å²) >= 11 is 0. The molecule has 0 bridgehead atoms. The van der Waals surface area contributed by atoms with Crippen LogP contribution in [-0.2, 0) is 20.9 Å². The average Bonchev–Trinajstić information content (AvgIpc) is 3.12. The summed E-state index contributed by atoms with van der Waals surface area (Å²) in [6.45, 7) is 1.70. The summed E-state index contributed by atoms with van der Waals surface area (Å²) in [5.74, 6) is 0.736. The molecule has 0 spiro atoms. The quantitative estimate of drug-likeness (QED) is 0.441. The zero-order valence-corrected chi connectivity index (χ0v) is 15.6. The van der Waals surface area contributed by atoms with Crippen molar-refractivity contribution in [2.24, 2.45) is 0 Å². The average molecular weight is 378 g/mol. The second-order valence-corrected chi connectivity index (χ2v) is 7.87. The lowest BCUT2D eigenvalue weighted by atomic mass is 10.1. The summed E-state index contributed by atoms with van der Waals surface area (Å²) in [7, 11) is -3.83. The lowest BCUT2D eigenvalue weighted by molar-refractivity contribution is 0.309. The minimum atomic E-state index is -3.83. The Balaban J connectivity index is 1.65. The van der Waals surface area contributed by atoms with Gasteiger partial charge in [-0.25, -0.2) is 0 Å². The van der Waals surface area contributed by atoms with E-state index in [1.165, 1.54) is 0 Å². The van der Waals surface area contributed by atoms with Crippen molar-refractivity contribution in [2.75, 3.05) is 0 Å². The number of hydrogen-bond acceptors (Lipinski definition) is 4. The van der Waals surface area contributed by atoms with Gasteiger partial charge in [0.1, 0.15) is 11.3 Å². The van der Waals surface area contributed by atoms with Gasteiger partial charge in [-0.1, -0.05) is 60.7 Å². The molecule has 0 N–H and O–H groups in total. The van der Waals surface area contributed by atoms with E-state index >= 15 is 0 Å². The highest BCUT2D eigenvalue weighted by molar-refractivity contribution is 7.86. The van der Waals surface area contributed by atoms with Crippen LogP contribution in [0, 0.1) is 6.92 Å². The van der Waals surface area contributed by atoms with Crippen molar-refractivity contribution in [1.29, 1.82) is 0 Å². The normalized spacial score (nSPS) is 11.7. The van der Waals surface area contributed by atoms with E-state index < -0.39 is 10.1 Å². The maximum atomic E-state index is 12.5. The zero-order chi connectivity index (χ0) is 18.9. The third-order valence-electron chi connectivity index (χ3n) is 4.44. The van der Waals surface area contributed by atoms with Crippen molar-refractivity contribution in [1.82, 2.24) is 0 Å². The van der Waals surface area contributed by atoms with Gasteiger partial charge < -0.3 is 4.42 Å². The predicted molar refractivity (Wildman–Crippen MR) is 105 cm³/mol. The van der Waals surface area contributed by atoms with Crippen LogP contribution in [0.4, 0.5) is 0 Å². The SMILES string of the molecule is Cc1ccccc1S(=O)(=O)OCc1cccc2oc(-c3ccccc3)cc12. The molecule has 136 valence electrons. The van der Waals surface area contributed by atoms with Crippen LogP contribution in [0.1, 0.15) is 11.1 Å². The Labute approximate surface area is 158 Å². The first kappa shape index (κ1) is 17.5. The van der Waals surface area contributed by atoms with Gasteiger partial charge >= 0.3 is 0 Å². The minimum Gasteiger partial charge on any atom is -0.456 e. The molecule has 27 heavy (non-hydrogen) atoms. The molecule has 0 fully saturated rings. The topological polar surface area (TPSA) is 56.5 Å². The summed E-state index contributed by atoms with van der Waals surface area (Å²) in [6, 6.07) is 24.0. The zero-order valence-electron chi connectivity index (χ0n) is 14.8. The molecule has 0 aliphatic carbocycles. The summed E-state index contributed by atoms with van der Waals surface area (Å²) in [4.78, 5) is 0.189. The number of fused-ring (bicyclic) bond motifs is 1. The van der Waals surface area contributed by atoms with E-state index in [-0.39, 0.29) is 11.5 Å². The number of hydrogen-bond donors (Lipinski definition) is 0. The molecule has 0 radical (unpaired) electrons. The van der Waals surface area contributed by atoms with Crippen molar-refractivity contribution in [3.8, 4) is 11.3 Å². The number of rotatable bonds is 5. The molecule has 0 atom stereocenters. The van der Waals surface area contributed by atoms with Crippen LogP contribution in [0.25, 0.3) is 22.3 Å². The van der Waals surface area contributed by atoms with E-state index in [2.05, 4.69) is 0 Å². The van der Waals surface area contributed by atoms with Crippen LogP contribution < -0.4 is 0 Å². The summed E-state index contributed by atoms with van der Waals surface area (Å²) in [5, 5.41) is 0.844. The Hall–Kier alpha value is -2.89. The lowest BCUT2D eigenvalue weighted by Crippen LogP contribution is -2.08. The number of benzene rings is 3. The summed E-state index contributed by atoms with van der Waals surface area (Å²) in [5.41, 5.74) is 3.08. The molecule has 4 nitrogen and oxygen atoms in total. The minimum absolute atomic E-state index is 0.0538. The van der Waals surface area contributed by atoms with Gasteiger partial charge in [-0.3, -0.25) is 4.18 Å². The van der Waals surface area contributed by atoms with E-state index in [0.29, 0.717) is 11.1 Å². The second kappa shape index (κ2) is 7.02. The molecule has 0 amide bonds. The van der Waals surface area contributed by atoms with Crippen molar-refractivity contribution in [3.63, 3.8) is 0 Å². The first-order valence-electron chi connectivity index (χ1n) is 8.56. The van der Waals surface area contributed by atoms with Crippen molar-refractivity contribution in [2.45, 2.75) is 18.4 Å². The third kappa shape index (κ3) is 3.52. The van der Waals surface area contributed by atoms with Crippen LogP contribution in [-0.4, -0.2) is 8.42 Å².